The molecule has 0 aliphatic carbocycles. The van der Waals surface area contributed by atoms with E-state index in [9.17, 15) is 19.4 Å². The van der Waals surface area contributed by atoms with Crippen molar-refractivity contribution in [1.29, 1.82) is 0 Å². The number of phosphoric acid groups is 1. The molecule has 9 heteroatoms. The SMILES string of the molecule is CC/C=C\C/C=C\C/C=C\C/C=C\C/C=C\CC(=O)NC(COP(=O)([O-])OCC[N+](C)(C)C)C(O)/C=C/CC/C=C/CC/C=C/CCCCCCCCCCCCCCCCCC. The molecule has 0 fully saturated rings. The van der Waals surface area contributed by atoms with Gasteiger partial charge in [-0.2, -0.15) is 0 Å². The van der Waals surface area contributed by atoms with Crippen LogP contribution in [0.4, 0.5) is 0 Å². The average Bonchev–Trinajstić information content (AvgIpc) is 3.24. The lowest BCUT2D eigenvalue weighted by Gasteiger charge is -2.29. The second-order valence-corrected chi connectivity index (χ2v) is 19.2. The second-order valence-electron chi connectivity index (χ2n) is 17.8. The first-order valence-electron chi connectivity index (χ1n) is 25.1. The summed E-state index contributed by atoms with van der Waals surface area (Å²) in [4.78, 5) is 25.3. The number of carbonyl (C=O) groups excluding carboxylic acids is 1. The number of carbonyl (C=O) groups is 1. The molecule has 0 heterocycles. The quantitative estimate of drug-likeness (QED) is 0.0273. The highest BCUT2D eigenvalue weighted by molar-refractivity contribution is 7.45. The van der Waals surface area contributed by atoms with E-state index in [-0.39, 0.29) is 18.9 Å². The molecule has 0 aromatic rings. The van der Waals surface area contributed by atoms with Crippen LogP contribution in [0.25, 0.3) is 0 Å². The van der Waals surface area contributed by atoms with Gasteiger partial charge in [-0.05, 0) is 70.6 Å². The molecule has 1 amide bonds. The maximum atomic E-state index is 12.8. The number of aliphatic hydroxyl groups excluding tert-OH is 1. The summed E-state index contributed by atoms with van der Waals surface area (Å²) in [5.41, 5.74) is 0. The first-order valence-corrected chi connectivity index (χ1v) is 26.6. The summed E-state index contributed by atoms with van der Waals surface area (Å²) in [6.07, 6.45) is 63.7. The third-order valence-electron chi connectivity index (χ3n) is 10.5. The Morgan fingerprint density at radius 2 is 0.984 bits per heavy atom. The molecule has 0 aliphatic rings. The lowest BCUT2D eigenvalue weighted by atomic mass is 10.0. The van der Waals surface area contributed by atoms with Crippen molar-refractivity contribution in [3.05, 3.63) is 97.2 Å². The summed E-state index contributed by atoms with van der Waals surface area (Å²) in [7, 11) is 1.16. The smallest absolute Gasteiger partial charge is 0.268 e. The van der Waals surface area contributed by atoms with Gasteiger partial charge in [0, 0.05) is 6.42 Å². The zero-order chi connectivity index (χ0) is 46.4. The van der Waals surface area contributed by atoms with Gasteiger partial charge in [-0.3, -0.25) is 9.36 Å². The zero-order valence-electron chi connectivity index (χ0n) is 41.0. The van der Waals surface area contributed by atoms with Crippen LogP contribution in [0.3, 0.4) is 0 Å². The van der Waals surface area contributed by atoms with E-state index < -0.39 is 26.6 Å². The largest absolute Gasteiger partial charge is 0.756 e. The topological polar surface area (TPSA) is 108 Å². The third kappa shape index (κ3) is 47.2. The number of aliphatic hydroxyl groups is 1. The molecule has 362 valence electrons. The lowest BCUT2D eigenvalue weighted by Crippen LogP contribution is -2.45. The van der Waals surface area contributed by atoms with E-state index in [0.29, 0.717) is 23.9 Å². The van der Waals surface area contributed by atoms with Crippen LogP contribution in [-0.2, 0) is 18.4 Å². The normalized spacial score (nSPS) is 15.0. The standard InChI is InChI=1S/C54H95N2O6P/c1-6-8-10-12-14-16-18-20-22-23-24-25-26-27-28-29-30-31-32-34-35-37-39-41-43-45-47-53(57)52(51-62-63(59,60)61-50-49-56(3,4)5)55-54(58)48-46-44-42-40-38-36-33-21-19-17-15-13-11-9-7-2/h9,11,15,17,21,31-33,37-40,44-47,52-53,57H,6-8,10,12-14,16,18-20,22-30,34-36,41-43,48-51H2,1-5H3,(H-,55,58,59,60)/b11-9-,17-15-,32-31+,33-21-,39-37+,40-38-,46-44-,47-45+. The molecule has 0 spiro atoms. The number of phosphoric ester groups is 1. The van der Waals surface area contributed by atoms with Crippen molar-refractivity contribution in [3.63, 3.8) is 0 Å². The van der Waals surface area contributed by atoms with Gasteiger partial charge in [-0.1, -0.05) is 207 Å². The molecule has 0 aromatic carbocycles. The van der Waals surface area contributed by atoms with Crippen molar-refractivity contribution in [1.82, 2.24) is 5.32 Å². The van der Waals surface area contributed by atoms with Crippen molar-refractivity contribution in [3.8, 4) is 0 Å². The highest BCUT2D eigenvalue weighted by Gasteiger charge is 2.23. The molecule has 8 nitrogen and oxygen atoms in total. The molecular formula is C54H95N2O6P. The maximum absolute atomic E-state index is 12.8. The molecule has 0 aromatic heterocycles. The fourth-order valence-electron chi connectivity index (χ4n) is 6.60. The minimum absolute atomic E-state index is 0.0305. The molecule has 3 atom stereocenters. The number of rotatable bonds is 44. The number of unbranched alkanes of at least 4 members (excludes halogenated alkanes) is 18. The Balaban J connectivity index is 4.46. The molecule has 0 rings (SSSR count). The van der Waals surface area contributed by atoms with Gasteiger partial charge in [-0.15, -0.1) is 0 Å². The van der Waals surface area contributed by atoms with Gasteiger partial charge < -0.3 is 28.8 Å². The van der Waals surface area contributed by atoms with E-state index in [1.54, 1.807) is 12.2 Å². The summed E-state index contributed by atoms with van der Waals surface area (Å²) in [5.74, 6) is -0.342. The molecule has 63 heavy (non-hydrogen) atoms. The van der Waals surface area contributed by atoms with Crippen LogP contribution < -0.4 is 10.2 Å². The Morgan fingerprint density at radius 3 is 1.44 bits per heavy atom. The first kappa shape index (κ1) is 60.4. The molecule has 0 radical (unpaired) electrons. The van der Waals surface area contributed by atoms with Crippen molar-refractivity contribution in [2.45, 2.75) is 199 Å². The van der Waals surface area contributed by atoms with E-state index in [0.717, 1.165) is 44.9 Å². The summed E-state index contributed by atoms with van der Waals surface area (Å²) < 4.78 is 23.2. The van der Waals surface area contributed by atoms with E-state index in [1.807, 2.05) is 33.3 Å². The predicted molar refractivity (Wildman–Crippen MR) is 269 cm³/mol. The van der Waals surface area contributed by atoms with Crippen LogP contribution in [0.5, 0.6) is 0 Å². The van der Waals surface area contributed by atoms with Crippen molar-refractivity contribution in [2.24, 2.45) is 0 Å². The third-order valence-corrected chi connectivity index (χ3v) is 11.5. The zero-order valence-corrected chi connectivity index (χ0v) is 41.9. The lowest BCUT2D eigenvalue weighted by molar-refractivity contribution is -0.870. The van der Waals surface area contributed by atoms with Crippen LogP contribution in [-0.4, -0.2) is 68.5 Å². The molecular weight excluding hydrogens is 804 g/mol. The molecule has 0 aliphatic heterocycles. The predicted octanol–water partition coefficient (Wildman–Crippen LogP) is 14.1. The molecule has 3 unspecified atom stereocenters. The van der Waals surface area contributed by atoms with Crippen LogP contribution in [0.15, 0.2) is 97.2 Å². The van der Waals surface area contributed by atoms with Gasteiger partial charge in [0.15, 0.2) is 0 Å². The first-order chi connectivity index (χ1) is 30.5. The summed E-state index contributed by atoms with van der Waals surface area (Å²) in [5, 5.41) is 13.7. The molecule has 2 N–H and O–H groups in total. The summed E-state index contributed by atoms with van der Waals surface area (Å²) in [6.45, 7) is 4.42. The van der Waals surface area contributed by atoms with Crippen molar-refractivity contribution >= 4 is 13.7 Å². The van der Waals surface area contributed by atoms with Crippen LogP contribution in [0.2, 0.25) is 0 Å². The number of likely N-dealkylation sites (N-methyl/N-ethyl adjacent to an activating group) is 1. The van der Waals surface area contributed by atoms with Gasteiger partial charge in [0.25, 0.3) is 7.82 Å². The van der Waals surface area contributed by atoms with Gasteiger partial charge in [0.05, 0.1) is 39.9 Å². The number of nitrogens with zero attached hydrogens (tertiary/aromatic N) is 1. The number of nitrogens with one attached hydrogen (secondary N) is 1. The van der Waals surface area contributed by atoms with Crippen LogP contribution >= 0.6 is 7.82 Å². The van der Waals surface area contributed by atoms with Gasteiger partial charge in [-0.25, -0.2) is 0 Å². The monoisotopic (exact) mass is 899 g/mol. The summed E-state index contributed by atoms with van der Waals surface area (Å²) in [6, 6.07) is -0.970. The fraction of sp³-hybridized carbons (Fsp3) is 0.685. The Kier molecular flexibility index (Phi) is 42.8. The van der Waals surface area contributed by atoms with E-state index >= 15 is 0 Å². The van der Waals surface area contributed by atoms with E-state index in [1.165, 1.54) is 109 Å². The van der Waals surface area contributed by atoms with Crippen LogP contribution in [0, 0.1) is 0 Å². The van der Waals surface area contributed by atoms with E-state index in [2.05, 4.69) is 92.1 Å². The number of hydrogen-bond acceptors (Lipinski definition) is 6. The number of quaternary nitrogens is 1. The van der Waals surface area contributed by atoms with Gasteiger partial charge in [0.1, 0.15) is 13.2 Å². The highest BCUT2D eigenvalue weighted by Crippen LogP contribution is 2.38. The fourth-order valence-corrected chi connectivity index (χ4v) is 7.33. The number of allylic oxidation sites excluding steroid dienone is 14. The number of amides is 1. The Bertz CT molecular complexity index is 1340. The molecule has 0 bridgehead atoms. The minimum atomic E-state index is -4.63. The summed E-state index contributed by atoms with van der Waals surface area (Å²) >= 11 is 0. The van der Waals surface area contributed by atoms with Crippen molar-refractivity contribution < 1.29 is 32.9 Å². The van der Waals surface area contributed by atoms with Gasteiger partial charge in [0.2, 0.25) is 5.91 Å². The van der Waals surface area contributed by atoms with Crippen molar-refractivity contribution in [2.75, 3.05) is 40.9 Å². The van der Waals surface area contributed by atoms with E-state index in [4.69, 9.17) is 9.05 Å². The minimum Gasteiger partial charge on any atom is -0.756 e. The Hall–Kier alpha value is -2.58. The average molecular weight is 899 g/mol. The Morgan fingerprint density at radius 1 is 0.571 bits per heavy atom. The maximum Gasteiger partial charge on any atom is 0.268 e. The molecule has 0 saturated carbocycles. The Labute approximate surface area is 388 Å². The highest BCUT2D eigenvalue weighted by atomic mass is 31.2. The number of hydrogen-bond donors (Lipinski definition) is 2. The second kappa shape index (κ2) is 44.6. The van der Waals surface area contributed by atoms with Crippen LogP contribution in [0.1, 0.15) is 187 Å². The molecule has 0 saturated heterocycles. The van der Waals surface area contributed by atoms with Gasteiger partial charge >= 0.3 is 0 Å².